The molecule has 0 unspecified atom stereocenters. The van der Waals surface area contributed by atoms with E-state index in [0.717, 1.165) is 11.3 Å². The van der Waals surface area contributed by atoms with Crippen LogP contribution in [0, 0.1) is 12.7 Å². The maximum atomic E-state index is 13.4. The summed E-state index contributed by atoms with van der Waals surface area (Å²) in [4.78, 5) is 28.9. The van der Waals surface area contributed by atoms with E-state index in [9.17, 15) is 14.0 Å². The third-order valence-electron chi connectivity index (χ3n) is 5.37. The van der Waals surface area contributed by atoms with Crippen molar-refractivity contribution in [2.45, 2.75) is 19.8 Å². The summed E-state index contributed by atoms with van der Waals surface area (Å²) in [6.07, 6.45) is 1.08. The van der Waals surface area contributed by atoms with Gasteiger partial charge in [-0.1, -0.05) is 18.2 Å². The zero-order valence-electron chi connectivity index (χ0n) is 17.0. The molecule has 0 saturated carbocycles. The predicted molar refractivity (Wildman–Crippen MR) is 110 cm³/mol. The third kappa shape index (κ3) is 5.41. The smallest absolute Gasteiger partial charge is 0.222 e. The molecule has 1 aliphatic rings. The van der Waals surface area contributed by atoms with Gasteiger partial charge in [-0.2, -0.15) is 0 Å². The predicted octanol–water partition coefficient (Wildman–Crippen LogP) is 3.10. The number of nitrogens with zero attached hydrogens (tertiary/aromatic N) is 2. The van der Waals surface area contributed by atoms with Crippen molar-refractivity contribution in [1.29, 1.82) is 0 Å². The lowest BCUT2D eigenvalue weighted by atomic mass is 10.1. The molecule has 0 N–H and O–H groups in total. The summed E-state index contributed by atoms with van der Waals surface area (Å²) in [6.45, 7) is 4.48. The van der Waals surface area contributed by atoms with Gasteiger partial charge in [0.1, 0.15) is 11.6 Å². The van der Waals surface area contributed by atoms with Crippen molar-refractivity contribution in [2.24, 2.45) is 0 Å². The highest BCUT2D eigenvalue weighted by atomic mass is 19.1. The van der Waals surface area contributed by atoms with Crippen LogP contribution >= 0.6 is 0 Å². The Morgan fingerprint density at radius 2 is 1.79 bits per heavy atom. The molecule has 6 heteroatoms. The van der Waals surface area contributed by atoms with E-state index in [4.69, 9.17) is 4.74 Å². The topological polar surface area (TPSA) is 49.9 Å². The fourth-order valence-electron chi connectivity index (χ4n) is 3.58. The number of ether oxygens (including phenoxy) is 1. The first-order valence-corrected chi connectivity index (χ1v) is 9.89. The second-order valence-electron chi connectivity index (χ2n) is 7.36. The molecule has 5 nitrogen and oxygen atoms in total. The lowest BCUT2D eigenvalue weighted by molar-refractivity contribution is -0.132. The Kier molecular flexibility index (Phi) is 6.99. The monoisotopic (exact) mass is 398 g/mol. The van der Waals surface area contributed by atoms with Crippen molar-refractivity contribution < 1.29 is 18.7 Å². The molecule has 29 heavy (non-hydrogen) atoms. The molecule has 0 atom stereocenters. The molecular weight excluding hydrogens is 371 g/mol. The molecule has 0 aliphatic carbocycles. The number of rotatable bonds is 7. The van der Waals surface area contributed by atoms with Crippen molar-refractivity contribution in [3.63, 3.8) is 0 Å². The number of hydrogen-bond donors (Lipinski definition) is 0. The van der Waals surface area contributed by atoms with Gasteiger partial charge in [-0.05, 0) is 48.7 Å². The first kappa shape index (κ1) is 21.0. The summed E-state index contributed by atoms with van der Waals surface area (Å²) in [5.41, 5.74) is 2.03. The quantitative estimate of drug-likeness (QED) is 0.673. The van der Waals surface area contributed by atoms with Crippen LogP contribution in [0.3, 0.4) is 0 Å². The Balaban J connectivity index is 1.46. The van der Waals surface area contributed by atoms with Crippen LogP contribution in [0.4, 0.5) is 4.39 Å². The number of halogens is 1. The number of piperazine rings is 1. The number of ketones is 1. The molecule has 2 aromatic rings. The second kappa shape index (κ2) is 9.65. The Morgan fingerprint density at radius 1 is 1.07 bits per heavy atom. The van der Waals surface area contributed by atoms with E-state index in [1.807, 2.05) is 34.1 Å². The summed E-state index contributed by atoms with van der Waals surface area (Å²) >= 11 is 0. The van der Waals surface area contributed by atoms with Gasteiger partial charge in [-0.25, -0.2) is 4.39 Å². The number of benzene rings is 2. The van der Waals surface area contributed by atoms with Gasteiger partial charge in [0.05, 0.1) is 13.7 Å². The molecule has 1 heterocycles. The van der Waals surface area contributed by atoms with E-state index in [2.05, 4.69) is 0 Å². The summed E-state index contributed by atoms with van der Waals surface area (Å²) in [5, 5.41) is 0. The standard InChI is InChI=1S/C23H27FN2O3/c1-17-15-19(7-9-20(17)24)21(27)16-25-11-13-26(14-12-25)23(28)10-8-18-5-3-4-6-22(18)29-2/h3-7,9,15H,8,10-14,16H2,1-2H3. The lowest BCUT2D eigenvalue weighted by Crippen LogP contribution is -2.50. The normalized spacial score (nSPS) is 14.7. The van der Waals surface area contributed by atoms with Crippen molar-refractivity contribution in [3.8, 4) is 5.75 Å². The molecule has 154 valence electrons. The molecule has 1 fully saturated rings. The second-order valence-corrected chi connectivity index (χ2v) is 7.36. The SMILES string of the molecule is COc1ccccc1CCC(=O)N1CCN(CC(=O)c2ccc(F)c(C)c2)CC1. The molecule has 0 aromatic heterocycles. The van der Waals surface area contributed by atoms with Gasteiger partial charge in [-0.15, -0.1) is 0 Å². The Morgan fingerprint density at radius 3 is 2.48 bits per heavy atom. The van der Waals surface area contributed by atoms with Crippen LogP contribution < -0.4 is 4.74 Å². The first-order valence-electron chi connectivity index (χ1n) is 9.89. The summed E-state index contributed by atoms with van der Waals surface area (Å²) in [7, 11) is 1.63. The van der Waals surface area contributed by atoms with Gasteiger partial charge in [-0.3, -0.25) is 14.5 Å². The van der Waals surface area contributed by atoms with Gasteiger partial charge < -0.3 is 9.64 Å². The fraction of sp³-hybridized carbons (Fsp3) is 0.391. The van der Waals surface area contributed by atoms with E-state index in [-0.39, 0.29) is 24.1 Å². The third-order valence-corrected chi connectivity index (χ3v) is 5.37. The zero-order valence-corrected chi connectivity index (χ0v) is 17.0. The molecule has 3 rings (SSSR count). The number of carbonyl (C=O) groups is 2. The average Bonchev–Trinajstić information content (AvgIpc) is 2.74. The van der Waals surface area contributed by atoms with Gasteiger partial charge in [0.15, 0.2) is 5.78 Å². The van der Waals surface area contributed by atoms with Crippen LogP contribution in [0.25, 0.3) is 0 Å². The zero-order chi connectivity index (χ0) is 20.8. The fourth-order valence-corrected chi connectivity index (χ4v) is 3.58. The van der Waals surface area contributed by atoms with Gasteiger partial charge >= 0.3 is 0 Å². The molecule has 1 saturated heterocycles. The van der Waals surface area contributed by atoms with E-state index in [1.165, 1.54) is 12.1 Å². The van der Waals surface area contributed by atoms with Crippen molar-refractivity contribution in [1.82, 2.24) is 9.80 Å². The maximum Gasteiger partial charge on any atom is 0.222 e. The molecular formula is C23H27FN2O3. The van der Waals surface area contributed by atoms with E-state index in [1.54, 1.807) is 20.1 Å². The summed E-state index contributed by atoms with van der Waals surface area (Å²) in [6, 6.07) is 12.2. The van der Waals surface area contributed by atoms with Crippen LogP contribution in [0.5, 0.6) is 5.75 Å². The minimum atomic E-state index is -0.304. The van der Waals surface area contributed by atoms with E-state index < -0.39 is 0 Å². The largest absolute Gasteiger partial charge is 0.496 e. The highest BCUT2D eigenvalue weighted by molar-refractivity contribution is 5.97. The van der Waals surface area contributed by atoms with Crippen molar-refractivity contribution in [2.75, 3.05) is 39.8 Å². The van der Waals surface area contributed by atoms with Crippen LogP contribution in [0.15, 0.2) is 42.5 Å². The average molecular weight is 398 g/mol. The minimum Gasteiger partial charge on any atom is -0.496 e. The highest BCUT2D eigenvalue weighted by Gasteiger charge is 2.23. The molecule has 0 bridgehead atoms. The first-order chi connectivity index (χ1) is 14.0. The minimum absolute atomic E-state index is 0.0240. The molecule has 1 amide bonds. The number of hydrogen-bond acceptors (Lipinski definition) is 4. The number of aryl methyl sites for hydroxylation is 2. The van der Waals surface area contributed by atoms with Crippen LogP contribution in [0.1, 0.15) is 27.9 Å². The van der Waals surface area contributed by atoms with Crippen LogP contribution in [-0.4, -0.2) is 61.3 Å². The van der Waals surface area contributed by atoms with Gasteiger partial charge in [0.2, 0.25) is 5.91 Å². The number of methoxy groups -OCH3 is 1. The van der Waals surface area contributed by atoms with Crippen molar-refractivity contribution >= 4 is 11.7 Å². The van der Waals surface area contributed by atoms with Gasteiger partial charge in [0.25, 0.3) is 0 Å². The molecule has 0 spiro atoms. The van der Waals surface area contributed by atoms with Crippen LogP contribution in [-0.2, 0) is 11.2 Å². The Bertz CT molecular complexity index is 876. The van der Waals surface area contributed by atoms with E-state index >= 15 is 0 Å². The van der Waals surface area contributed by atoms with Gasteiger partial charge in [0, 0.05) is 38.2 Å². The van der Waals surface area contributed by atoms with Crippen LogP contribution in [0.2, 0.25) is 0 Å². The number of amides is 1. The lowest BCUT2D eigenvalue weighted by Gasteiger charge is -2.34. The number of Topliss-reactive ketones (excluding diaryl/α,β-unsaturated/α-hetero) is 1. The Labute approximate surface area is 171 Å². The van der Waals surface area contributed by atoms with E-state index in [0.29, 0.717) is 50.1 Å². The summed E-state index contributed by atoms with van der Waals surface area (Å²) < 4.78 is 18.7. The highest BCUT2D eigenvalue weighted by Crippen LogP contribution is 2.19. The number of para-hydroxylation sites is 1. The molecule has 2 aromatic carbocycles. The maximum absolute atomic E-state index is 13.4. The Hall–Kier alpha value is -2.73. The number of carbonyl (C=O) groups excluding carboxylic acids is 2. The van der Waals surface area contributed by atoms with Crippen molar-refractivity contribution in [3.05, 3.63) is 65.0 Å². The molecule has 1 aliphatic heterocycles. The summed E-state index contributed by atoms with van der Waals surface area (Å²) in [5.74, 6) is 0.599. The molecule has 0 radical (unpaired) electrons.